The molecule has 0 spiro atoms. The fourth-order valence-electron chi connectivity index (χ4n) is 1.79. The SMILES string of the molecule is Cc1ccc(CCNc2ccc(Cl)cc2[N+](=O)[O-])cn1. The van der Waals surface area contributed by atoms with E-state index < -0.39 is 4.92 Å². The normalized spacial score (nSPS) is 10.3. The second-order valence-corrected chi connectivity index (χ2v) is 4.84. The Bertz CT molecular complexity index is 614. The molecular formula is C14H14ClN3O2. The van der Waals surface area contributed by atoms with Gasteiger partial charge in [-0.15, -0.1) is 0 Å². The van der Waals surface area contributed by atoms with Gasteiger partial charge in [-0.2, -0.15) is 0 Å². The molecule has 0 radical (unpaired) electrons. The highest BCUT2D eigenvalue weighted by molar-refractivity contribution is 6.30. The molecule has 1 aromatic heterocycles. The van der Waals surface area contributed by atoms with Gasteiger partial charge in [-0.3, -0.25) is 15.1 Å². The number of hydrogen-bond donors (Lipinski definition) is 1. The Hall–Kier alpha value is -2.14. The highest BCUT2D eigenvalue weighted by Gasteiger charge is 2.13. The molecule has 2 aromatic rings. The van der Waals surface area contributed by atoms with Crippen molar-refractivity contribution in [2.45, 2.75) is 13.3 Å². The number of aryl methyl sites for hydroxylation is 1. The Kier molecular flexibility index (Phi) is 4.53. The first-order valence-corrected chi connectivity index (χ1v) is 6.53. The Morgan fingerprint density at radius 3 is 2.80 bits per heavy atom. The fourth-order valence-corrected chi connectivity index (χ4v) is 1.96. The summed E-state index contributed by atoms with van der Waals surface area (Å²) in [6, 6.07) is 8.54. The van der Waals surface area contributed by atoms with Crippen molar-refractivity contribution >= 4 is 23.0 Å². The van der Waals surface area contributed by atoms with Gasteiger partial charge < -0.3 is 5.32 Å². The molecule has 1 N–H and O–H groups in total. The number of rotatable bonds is 5. The smallest absolute Gasteiger partial charge is 0.293 e. The highest BCUT2D eigenvalue weighted by Crippen LogP contribution is 2.27. The number of nitro groups is 1. The maximum absolute atomic E-state index is 10.9. The van der Waals surface area contributed by atoms with Gasteiger partial charge in [0.15, 0.2) is 0 Å². The molecule has 0 aliphatic rings. The summed E-state index contributed by atoms with van der Waals surface area (Å²) in [6.45, 7) is 2.52. The number of nitro benzene ring substituents is 1. The van der Waals surface area contributed by atoms with Crippen molar-refractivity contribution in [1.29, 1.82) is 0 Å². The summed E-state index contributed by atoms with van der Waals surface area (Å²) in [5.74, 6) is 0. The summed E-state index contributed by atoms with van der Waals surface area (Å²) in [7, 11) is 0. The fraction of sp³-hybridized carbons (Fsp3) is 0.214. The number of hydrogen-bond acceptors (Lipinski definition) is 4. The first kappa shape index (κ1) is 14.3. The number of anilines is 1. The van der Waals surface area contributed by atoms with Crippen LogP contribution in [0.3, 0.4) is 0 Å². The second kappa shape index (κ2) is 6.34. The molecule has 0 fully saturated rings. The Balaban J connectivity index is 2.00. The number of nitrogens with one attached hydrogen (secondary N) is 1. The van der Waals surface area contributed by atoms with Gasteiger partial charge in [-0.1, -0.05) is 17.7 Å². The summed E-state index contributed by atoms with van der Waals surface area (Å²) < 4.78 is 0. The third kappa shape index (κ3) is 3.68. The van der Waals surface area contributed by atoms with E-state index in [-0.39, 0.29) is 5.69 Å². The van der Waals surface area contributed by atoms with E-state index in [2.05, 4.69) is 10.3 Å². The van der Waals surface area contributed by atoms with Gasteiger partial charge in [0.25, 0.3) is 5.69 Å². The summed E-state index contributed by atoms with van der Waals surface area (Å²) in [6.07, 6.45) is 2.56. The topological polar surface area (TPSA) is 68.1 Å². The maximum atomic E-state index is 10.9. The molecule has 0 aliphatic heterocycles. The van der Waals surface area contributed by atoms with E-state index in [1.54, 1.807) is 12.1 Å². The van der Waals surface area contributed by atoms with Crippen molar-refractivity contribution in [1.82, 2.24) is 4.98 Å². The first-order valence-electron chi connectivity index (χ1n) is 6.15. The zero-order valence-electron chi connectivity index (χ0n) is 11.0. The van der Waals surface area contributed by atoms with Gasteiger partial charge >= 0.3 is 0 Å². The maximum Gasteiger partial charge on any atom is 0.293 e. The summed E-state index contributed by atoms with van der Waals surface area (Å²) in [5, 5.41) is 14.4. The molecule has 6 heteroatoms. The zero-order chi connectivity index (χ0) is 14.5. The number of nitrogens with zero attached hydrogens (tertiary/aromatic N) is 2. The van der Waals surface area contributed by atoms with Crippen LogP contribution in [0.25, 0.3) is 0 Å². The van der Waals surface area contributed by atoms with E-state index in [4.69, 9.17) is 11.6 Å². The number of pyridine rings is 1. The average Bonchev–Trinajstić information content (AvgIpc) is 2.42. The Morgan fingerprint density at radius 1 is 1.35 bits per heavy atom. The lowest BCUT2D eigenvalue weighted by atomic mass is 10.2. The molecule has 0 atom stereocenters. The van der Waals surface area contributed by atoms with Gasteiger partial charge in [0.05, 0.1) is 4.92 Å². The van der Waals surface area contributed by atoms with Crippen molar-refractivity contribution < 1.29 is 4.92 Å². The van der Waals surface area contributed by atoms with Crippen LogP contribution in [0.2, 0.25) is 5.02 Å². The molecule has 0 saturated heterocycles. The van der Waals surface area contributed by atoms with E-state index in [0.717, 1.165) is 17.7 Å². The molecule has 0 amide bonds. The molecule has 0 aliphatic carbocycles. The minimum atomic E-state index is -0.443. The van der Waals surface area contributed by atoms with E-state index in [9.17, 15) is 10.1 Å². The quantitative estimate of drug-likeness (QED) is 0.675. The lowest BCUT2D eigenvalue weighted by Gasteiger charge is -2.07. The van der Waals surface area contributed by atoms with Gasteiger partial charge in [0.1, 0.15) is 5.69 Å². The molecule has 0 bridgehead atoms. The summed E-state index contributed by atoms with van der Waals surface area (Å²) in [5.41, 5.74) is 2.51. The molecule has 5 nitrogen and oxygen atoms in total. The predicted octanol–water partition coefficient (Wildman–Crippen LogP) is 3.61. The van der Waals surface area contributed by atoms with Crippen molar-refractivity contribution in [2.24, 2.45) is 0 Å². The molecule has 1 heterocycles. The highest BCUT2D eigenvalue weighted by atomic mass is 35.5. The predicted molar refractivity (Wildman–Crippen MR) is 79.3 cm³/mol. The van der Waals surface area contributed by atoms with Gasteiger partial charge in [-0.25, -0.2) is 0 Å². The van der Waals surface area contributed by atoms with Crippen LogP contribution < -0.4 is 5.32 Å². The molecular weight excluding hydrogens is 278 g/mol. The largest absolute Gasteiger partial charge is 0.379 e. The molecule has 2 rings (SSSR count). The van der Waals surface area contributed by atoms with Crippen LogP contribution in [0, 0.1) is 17.0 Å². The lowest BCUT2D eigenvalue weighted by molar-refractivity contribution is -0.383. The third-order valence-corrected chi connectivity index (χ3v) is 3.09. The monoisotopic (exact) mass is 291 g/mol. The van der Waals surface area contributed by atoms with Crippen molar-refractivity contribution in [3.8, 4) is 0 Å². The second-order valence-electron chi connectivity index (χ2n) is 4.40. The average molecular weight is 292 g/mol. The molecule has 0 saturated carbocycles. The zero-order valence-corrected chi connectivity index (χ0v) is 11.7. The molecule has 0 unspecified atom stereocenters. The molecule has 20 heavy (non-hydrogen) atoms. The standard InChI is InChI=1S/C14H14ClN3O2/c1-10-2-3-11(9-17-10)6-7-16-13-5-4-12(15)8-14(13)18(19)20/h2-5,8-9,16H,6-7H2,1H3. The van der Waals surface area contributed by atoms with Gasteiger partial charge in [0, 0.05) is 29.5 Å². The van der Waals surface area contributed by atoms with Crippen LogP contribution in [0.5, 0.6) is 0 Å². The van der Waals surface area contributed by atoms with Crippen molar-refractivity contribution in [3.05, 3.63) is 62.9 Å². The van der Waals surface area contributed by atoms with Gasteiger partial charge in [0.2, 0.25) is 0 Å². The van der Waals surface area contributed by atoms with Gasteiger partial charge in [-0.05, 0) is 37.1 Å². The van der Waals surface area contributed by atoms with Crippen LogP contribution in [0.4, 0.5) is 11.4 Å². The van der Waals surface area contributed by atoms with Crippen molar-refractivity contribution in [2.75, 3.05) is 11.9 Å². The van der Waals surface area contributed by atoms with Crippen LogP contribution in [0.1, 0.15) is 11.3 Å². The van der Waals surface area contributed by atoms with Crippen LogP contribution in [-0.4, -0.2) is 16.5 Å². The van der Waals surface area contributed by atoms with E-state index in [0.29, 0.717) is 17.3 Å². The first-order chi connectivity index (χ1) is 9.56. The summed E-state index contributed by atoms with van der Waals surface area (Å²) >= 11 is 5.77. The number of benzene rings is 1. The van der Waals surface area contributed by atoms with Crippen LogP contribution >= 0.6 is 11.6 Å². The van der Waals surface area contributed by atoms with Crippen LogP contribution in [-0.2, 0) is 6.42 Å². The van der Waals surface area contributed by atoms with Crippen molar-refractivity contribution in [3.63, 3.8) is 0 Å². The van der Waals surface area contributed by atoms with Crippen LogP contribution in [0.15, 0.2) is 36.5 Å². The summed E-state index contributed by atoms with van der Waals surface area (Å²) in [4.78, 5) is 14.7. The Labute approximate surface area is 121 Å². The van der Waals surface area contributed by atoms with E-state index >= 15 is 0 Å². The third-order valence-electron chi connectivity index (χ3n) is 2.86. The molecule has 104 valence electrons. The lowest BCUT2D eigenvalue weighted by Crippen LogP contribution is -2.07. The number of halogens is 1. The van der Waals surface area contributed by atoms with E-state index in [1.807, 2.05) is 25.3 Å². The Morgan fingerprint density at radius 2 is 2.15 bits per heavy atom. The number of aromatic nitrogens is 1. The van der Waals surface area contributed by atoms with E-state index in [1.165, 1.54) is 6.07 Å². The minimum absolute atomic E-state index is 0.0143. The minimum Gasteiger partial charge on any atom is -0.379 e. The molecule has 1 aromatic carbocycles.